The van der Waals surface area contributed by atoms with E-state index in [-0.39, 0.29) is 26.9 Å². The SMILES string of the molecule is Cc1ccc([N+](=O)[O-])cc1S(=O)(=O)Nc1ccc(Cl)cc1C(=O)c1ccccc1. The van der Waals surface area contributed by atoms with Gasteiger partial charge in [0.2, 0.25) is 0 Å². The van der Waals surface area contributed by atoms with Crippen LogP contribution in [0.25, 0.3) is 0 Å². The minimum Gasteiger partial charge on any atom is -0.289 e. The Morgan fingerprint density at radius 2 is 1.72 bits per heavy atom. The summed E-state index contributed by atoms with van der Waals surface area (Å²) in [5.74, 6) is -0.415. The molecule has 29 heavy (non-hydrogen) atoms. The molecule has 0 aliphatic rings. The van der Waals surface area contributed by atoms with E-state index in [2.05, 4.69) is 4.72 Å². The number of halogens is 1. The first-order chi connectivity index (χ1) is 13.7. The van der Waals surface area contributed by atoms with E-state index in [0.717, 1.165) is 6.07 Å². The highest BCUT2D eigenvalue weighted by molar-refractivity contribution is 7.92. The highest BCUT2D eigenvalue weighted by Crippen LogP contribution is 2.28. The number of aryl methyl sites for hydroxylation is 1. The second-order valence-corrected chi connectivity index (χ2v) is 8.28. The fourth-order valence-corrected chi connectivity index (χ4v) is 4.25. The molecule has 0 unspecified atom stereocenters. The van der Waals surface area contributed by atoms with Gasteiger partial charge in [0.15, 0.2) is 5.78 Å². The lowest BCUT2D eigenvalue weighted by Gasteiger charge is -2.14. The van der Waals surface area contributed by atoms with E-state index < -0.39 is 20.7 Å². The number of nitrogens with zero attached hydrogens (tertiary/aromatic N) is 1. The smallest absolute Gasteiger partial charge is 0.270 e. The van der Waals surface area contributed by atoms with Crippen LogP contribution in [0.1, 0.15) is 21.5 Å². The summed E-state index contributed by atoms with van der Waals surface area (Å²) in [5.41, 5.74) is 0.423. The average molecular weight is 431 g/mol. The Kier molecular flexibility index (Phi) is 5.67. The van der Waals surface area contributed by atoms with Crippen LogP contribution < -0.4 is 4.72 Å². The van der Waals surface area contributed by atoms with Crippen LogP contribution in [-0.4, -0.2) is 19.1 Å². The molecule has 3 aromatic carbocycles. The van der Waals surface area contributed by atoms with Gasteiger partial charge in [-0.25, -0.2) is 8.42 Å². The zero-order valence-corrected chi connectivity index (χ0v) is 16.7. The Morgan fingerprint density at radius 3 is 2.38 bits per heavy atom. The van der Waals surface area contributed by atoms with Crippen LogP contribution in [0.5, 0.6) is 0 Å². The molecule has 0 radical (unpaired) electrons. The van der Waals surface area contributed by atoms with Crippen molar-refractivity contribution >= 4 is 38.8 Å². The standard InChI is InChI=1S/C20H15ClN2O5S/c1-13-7-9-16(23(25)26)12-19(13)29(27,28)22-18-10-8-15(21)11-17(18)20(24)14-5-3-2-4-6-14/h2-12,22H,1H3. The molecule has 9 heteroatoms. The molecule has 148 valence electrons. The first-order valence-corrected chi connectivity index (χ1v) is 10.2. The Bertz CT molecular complexity index is 1210. The summed E-state index contributed by atoms with van der Waals surface area (Å²) in [5, 5.41) is 11.3. The lowest BCUT2D eigenvalue weighted by atomic mass is 10.0. The van der Waals surface area contributed by atoms with Crippen LogP contribution in [0, 0.1) is 17.0 Å². The fourth-order valence-electron chi connectivity index (χ4n) is 2.73. The van der Waals surface area contributed by atoms with Crippen molar-refractivity contribution in [1.29, 1.82) is 0 Å². The van der Waals surface area contributed by atoms with E-state index in [9.17, 15) is 23.3 Å². The number of sulfonamides is 1. The summed E-state index contributed by atoms with van der Waals surface area (Å²) in [6.07, 6.45) is 0. The van der Waals surface area contributed by atoms with Gasteiger partial charge in [0.1, 0.15) is 0 Å². The van der Waals surface area contributed by atoms with Gasteiger partial charge in [-0.1, -0.05) is 48.0 Å². The molecule has 0 spiro atoms. The van der Waals surface area contributed by atoms with Crippen LogP contribution in [0.15, 0.2) is 71.6 Å². The Labute approximate surface area is 172 Å². The van der Waals surface area contributed by atoms with Crippen LogP contribution in [0.3, 0.4) is 0 Å². The molecule has 0 fully saturated rings. The summed E-state index contributed by atoms with van der Waals surface area (Å²) < 4.78 is 28.2. The minimum atomic E-state index is -4.20. The van der Waals surface area contributed by atoms with Crippen molar-refractivity contribution in [3.63, 3.8) is 0 Å². The minimum absolute atomic E-state index is 0.0224. The number of nitrogens with one attached hydrogen (secondary N) is 1. The number of nitro benzene ring substituents is 1. The lowest BCUT2D eigenvalue weighted by Crippen LogP contribution is -2.17. The monoisotopic (exact) mass is 430 g/mol. The van der Waals surface area contributed by atoms with Crippen molar-refractivity contribution in [2.75, 3.05) is 4.72 Å². The molecule has 0 aromatic heterocycles. The summed E-state index contributed by atoms with van der Waals surface area (Å²) in [4.78, 5) is 23.0. The van der Waals surface area contributed by atoms with Gasteiger partial charge in [0.25, 0.3) is 15.7 Å². The van der Waals surface area contributed by atoms with Gasteiger partial charge in [-0.2, -0.15) is 0 Å². The molecule has 7 nitrogen and oxygen atoms in total. The quantitative estimate of drug-likeness (QED) is 0.349. The van der Waals surface area contributed by atoms with Gasteiger partial charge in [0, 0.05) is 28.3 Å². The summed E-state index contributed by atoms with van der Waals surface area (Å²) in [7, 11) is -4.20. The van der Waals surface area contributed by atoms with E-state index in [1.807, 2.05) is 0 Å². The molecule has 0 aliphatic carbocycles. The summed E-state index contributed by atoms with van der Waals surface area (Å²) in [6.45, 7) is 1.52. The average Bonchev–Trinajstić information content (AvgIpc) is 2.69. The van der Waals surface area contributed by atoms with Gasteiger partial charge < -0.3 is 0 Å². The maximum atomic E-state index is 12.9. The molecule has 0 heterocycles. The fraction of sp³-hybridized carbons (Fsp3) is 0.0500. The third kappa shape index (κ3) is 4.44. The first kappa shape index (κ1) is 20.5. The molecule has 3 rings (SSSR count). The van der Waals surface area contributed by atoms with Crippen LogP contribution in [0.4, 0.5) is 11.4 Å². The molecule has 0 saturated carbocycles. The Hall–Kier alpha value is -3.23. The predicted octanol–water partition coefficient (Wildman–Crippen LogP) is 4.59. The number of benzene rings is 3. The van der Waals surface area contributed by atoms with E-state index >= 15 is 0 Å². The molecule has 3 aromatic rings. The molecular weight excluding hydrogens is 416 g/mol. The number of anilines is 1. The molecule has 0 saturated heterocycles. The molecule has 1 N–H and O–H groups in total. The number of hydrogen-bond acceptors (Lipinski definition) is 5. The summed E-state index contributed by atoms with van der Waals surface area (Å²) in [6, 6.07) is 16.1. The number of carbonyl (C=O) groups excluding carboxylic acids is 1. The number of non-ortho nitro benzene ring substituents is 1. The van der Waals surface area contributed by atoms with Gasteiger partial charge in [0.05, 0.1) is 15.5 Å². The number of rotatable bonds is 6. The van der Waals surface area contributed by atoms with E-state index in [4.69, 9.17) is 11.6 Å². The van der Waals surface area contributed by atoms with E-state index in [0.29, 0.717) is 11.1 Å². The zero-order chi connectivity index (χ0) is 21.2. The number of nitro groups is 1. The Balaban J connectivity index is 2.06. The van der Waals surface area contributed by atoms with Crippen molar-refractivity contribution < 1.29 is 18.1 Å². The van der Waals surface area contributed by atoms with Crippen LogP contribution >= 0.6 is 11.6 Å². The van der Waals surface area contributed by atoms with E-state index in [1.165, 1.54) is 37.3 Å². The Morgan fingerprint density at radius 1 is 1.03 bits per heavy atom. The third-order valence-electron chi connectivity index (χ3n) is 4.18. The second-order valence-electron chi connectivity index (χ2n) is 6.20. The number of hydrogen-bond donors (Lipinski definition) is 1. The number of ketones is 1. The van der Waals surface area contributed by atoms with Crippen molar-refractivity contribution in [1.82, 2.24) is 0 Å². The van der Waals surface area contributed by atoms with Gasteiger partial charge in [-0.05, 0) is 30.7 Å². The van der Waals surface area contributed by atoms with Gasteiger partial charge >= 0.3 is 0 Å². The highest BCUT2D eigenvalue weighted by Gasteiger charge is 2.23. The molecule has 0 amide bonds. The maximum Gasteiger partial charge on any atom is 0.270 e. The topological polar surface area (TPSA) is 106 Å². The van der Waals surface area contributed by atoms with Gasteiger partial charge in [-0.3, -0.25) is 19.6 Å². The normalized spacial score (nSPS) is 11.1. The maximum absolute atomic E-state index is 12.9. The molecule has 0 aliphatic heterocycles. The van der Waals surface area contributed by atoms with Crippen LogP contribution in [0.2, 0.25) is 5.02 Å². The summed E-state index contributed by atoms with van der Waals surface area (Å²) >= 11 is 6.01. The predicted molar refractivity (Wildman–Crippen MR) is 110 cm³/mol. The molecule has 0 bridgehead atoms. The molecule has 0 atom stereocenters. The highest BCUT2D eigenvalue weighted by atomic mass is 35.5. The van der Waals surface area contributed by atoms with Crippen molar-refractivity contribution in [2.45, 2.75) is 11.8 Å². The van der Waals surface area contributed by atoms with Crippen molar-refractivity contribution in [3.8, 4) is 0 Å². The number of carbonyl (C=O) groups is 1. The van der Waals surface area contributed by atoms with Gasteiger partial charge in [-0.15, -0.1) is 0 Å². The van der Waals surface area contributed by atoms with Crippen LogP contribution in [-0.2, 0) is 10.0 Å². The van der Waals surface area contributed by atoms with Crippen molar-refractivity contribution in [2.24, 2.45) is 0 Å². The van der Waals surface area contributed by atoms with E-state index in [1.54, 1.807) is 30.3 Å². The second kappa shape index (κ2) is 8.02. The first-order valence-electron chi connectivity index (χ1n) is 8.36. The van der Waals surface area contributed by atoms with Crippen molar-refractivity contribution in [3.05, 3.63) is 98.6 Å². The molecular formula is C20H15ClN2O5S. The largest absolute Gasteiger partial charge is 0.289 e. The third-order valence-corrected chi connectivity index (χ3v) is 5.92. The zero-order valence-electron chi connectivity index (χ0n) is 15.1. The lowest BCUT2D eigenvalue weighted by molar-refractivity contribution is -0.385.